The number of nitrogens with zero attached hydrogens (tertiary/aromatic N) is 5. The monoisotopic (exact) mass is 454 g/mol. The summed E-state index contributed by atoms with van der Waals surface area (Å²) >= 11 is 0. The number of ether oxygens (including phenoxy) is 1. The molecule has 4 N–H and O–H groups in total. The van der Waals surface area contributed by atoms with E-state index in [1.54, 1.807) is 0 Å². The number of amides is 2. The van der Waals surface area contributed by atoms with Crippen molar-refractivity contribution in [1.29, 1.82) is 0 Å². The van der Waals surface area contributed by atoms with Crippen LogP contribution in [0.2, 0.25) is 0 Å². The number of nitrogens with one attached hydrogen (secondary N) is 2. The van der Waals surface area contributed by atoms with Gasteiger partial charge in [0.05, 0.1) is 25.0 Å². The fourth-order valence-electron chi connectivity index (χ4n) is 4.05. The number of rotatable bonds is 6. The minimum absolute atomic E-state index is 0.0733. The van der Waals surface area contributed by atoms with Crippen molar-refractivity contribution in [2.75, 3.05) is 67.4 Å². The van der Waals surface area contributed by atoms with Crippen molar-refractivity contribution in [2.45, 2.75) is 18.9 Å². The van der Waals surface area contributed by atoms with Gasteiger partial charge in [-0.1, -0.05) is 5.16 Å². The lowest BCUT2D eigenvalue weighted by Gasteiger charge is -2.33. The maximum atomic E-state index is 12.5. The van der Waals surface area contributed by atoms with Gasteiger partial charge < -0.3 is 35.7 Å². The number of carbonyl (C=O) groups is 1. The van der Waals surface area contributed by atoms with Gasteiger partial charge in [-0.15, -0.1) is 0 Å². The van der Waals surface area contributed by atoms with Crippen molar-refractivity contribution in [3.8, 4) is 0 Å². The van der Waals surface area contributed by atoms with Crippen LogP contribution in [0.4, 0.5) is 27.8 Å². The average Bonchev–Trinajstić information content (AvgIpc) is 2.85. The number of anilines is 4. The molecule has 2 aromatic rings. The van der Waals surface area contributed by atoms with Crippen LogP contribution >= 0.6 is 0 Å². The lowest BCUT2D eigenvalue weighted by atomic mass is 10.0. The van der Waals surface area contributed by atoms with Crippen LogP contribution in [0.15, 0.2) is 35.7 Å². The van der Waals surface area contributed by atoms with Gasteiger partial charge in [-0.05, 0) is 37.1 Å². The van der Waals surface area contributed by atoms with Crippen molar-refractivity contribution in [3.05, 3.63) is 36.2 Å². The molecule has 2 amide bonds. The molecule has 176 valence electrons. The van der Waals surface area contributed by atoms with Crippen LogP contribution in [0.25, 0.3) is 0 Å². The Balaban J connectivity index is 1.27. The van der Waals surface area contributed by atoms with Crippen LogP contribution in [0.1, 0.15) is 18.4 Å². The number of aromatic nitrogens is 2. The van der Waals surface area contributed by atoms with Gasteiger partial charge in [-0.2, -0.15) is 0 Å². The second-order valence-electron chi connectivity index (χ2n) is 7.92. The molecule has 1 aromatic carbocycles. The Labute approximate surface area is 192 Å². The van der Waals surface area contributed by atoms with Gasteiger partial charge in [0.2, 0.25) is 0 Å². The number of benzene rings is 1. The number of carbonyl (C=O) groups excluding carboxylic acids is 1. The molecule has 0 spiro atoms. The molecule has 0 bridgehead atoms. The van der Waals surface area contributed by atoms with E-state index < -0.39 is 0 Å². The Hall–Kier alpha value is -3.60. The van der Waals surface area contributed by atoms with Gasteiger partial charge in [0, 0.05) is 43.6 Å². The van der Waals surface area contributed by atoms with Gasteiger partial charge in [-0.3, -0.25) is 0 Å². The molecule has 0 atom stereocenters. The molecule has 0 unspecified atom stereocenters. The zero-order chi connectivity index (χ0) is 23.0. The zero-order valence-electron chi connectivity index (χ0n) is 18.7. The summed E-state index contributed by atoms with van der Waals surface area (Å²) in [5.41, 5.74) is 8.52. The predicted octanol–water partition coefficient (Wildman–Crippen LogP) is 1.67. The molecule has 4 rings (SSSR count). The van der Waals surface area contributed by atoms with E-state index in [9.17, 15) is 4.79 Å². The number of hydrogen-bond donors (Lipinski definition) is 3. The summed E-state index contributed by atoms with van der Waals surface area (Å²) in [6.45, 7) is 4.71. The largest absolute Gasteiger partial charge is 0.399 e. The lowest BCUT2D eigenvalue weighted by molar-refractivity contribution is 0.122. The summed E-state index contributed by atoms with van der Waals surface area (Å²) in [7, 11) is 1.47. The van der Waals surface area contributed by atoms with E-state index in [0.717, 1.165) is 63.6 Å². The van der Waals surface area contributed by atoms with Crippen LogP contribution in [0.5, 0.6) is 0 Å². The number of nitrogen functional groups attached to an aromatic ring is 1. The molecule has 11 nitrogen and oxygen atoms in total. The van der Waals surface area contributed by atoms with E-state index in [1.807, 2.05) is 24.3 Å². The molecule has 2 aliphatic rings. The molecule has 11 heteroatoms. The first-order chi connectivity index (χ1) is 16.1. The van der Waals surface area contributed by atoms with Crippen LogP contribution < -0.4 is 26.2 Å². The third kappa shape index (κ3) is 5.80. The molecule has 0 aliphatic carbocycles. The maximum Gasteiger partial charge on any atom is 0.319 e. The van der Waals surface area contributed by atoms with Gasteiger partial charge in [-0.25, -0.2) is 14.8 Å². The van der Waals surface area contributed by atoms with E-state index in [1.165, 1.54) is 19.7 Å². The van der Waals surface area contributed by atoms with Gasteiger partial charge in [0.1, 0.15) is 25.1 Å². The van der Waals surface area contributed by atoms with E-state index in [4.69, 9.17) is 15.3 Å². The third-order valence-corrected chi connectivity index (χ3v) is 5.81. The second kappa shape index (κ2) is 10.8. The highest BCUT2D eigenvalue weighted by Crippen LogP contribution is 2.24. The van der Waals surface area contributed by atoms with E-state index in [0.29, 0.717) is 17.2 Å². The number of nitrogens with two attached hydrogens (primary N) is 1. The van der Waals surface area contributed by atoms with Crippen LogP contribution in [-0.4, -0.2) is 74.8 Å². The molecular weight excluding hydrogens is 424 g/mol. The lowest BCUT2D eigenvalue weighted by Crippen LogP contribution is -2.46. The van der Waals surface area contributed by atoms with E-state index in [-0.39, 0.29) is 12.1 Å². The molecule has 2 aliphatic heterocycles. The van der Waals surface area contributed by atoms with Gasteiger partial charge in [0.25, 0.3) is 0 Å². The summed E-state index contributed by atoms with van der Waals surface area (Å²) < 4.78 is 5.40. The Bertz CT molecular complexity index is 955. The van der Waals surface area contributed by atoms with Crippen LogP contribution in [0.3, 0.4) is 0 Å². The summed E-state index contributed by atoms with van der Waals surface area (Å²) in [5, 5.41) is 9.80. The number of urea groups is 1. The molecule has 0 saturated carbocycles. The van der Waals surface area contributed by atoms with Crippen molar-refractivity contribution >= 4 is 35.3 Å². The first kappa shape index (κ1) is 22.6. The Morgan fingerprint density at radius 1 is 1.15 bits per heavy atom. The minimum Gasteiger partial charge on any atom is -0.399 e. The average molecular weight is 455 g/mol. The second-order valence-corrected chi connectivity index (χ2v) is 7.92. The summed E-state index contributed by atoms with van der Waals surface area (Å²) in [4.78, 5) is 30.1. The minimum atomic E-state index is -0.202. The molecule has 2 saturated heterocycles. The zero-order valence-corrected chi connectivity index (χ0v) is 18.7. The standard InChI is InChI=1S/C22H30N8O3/c1-32-26-14-19-20(23)24-15-25-21(19)30-8-6-17(7-9-30)28-22(31)27-16-2-4-18(5-3-16)29-10-12-33-13-11-29/h2-5,14-15,17H,6-13H2,1H3,(H2,23,24,25)(H2,27,28,31). The quantitative estimate of drug-likeness (QED) is 0.444. The fraction of sp³-hybridized carbons (Fsp3) is 0.455. The molecular formula is C22H30N8O3. The fourth-order valence-corrected chi connectivity index (χ4v) is 4.05. The third-order valence-electron chi connectivity index (χ3n) is 5.81. The Kier molecular flexibility index (Phi) is 7.40. The molecule has 1 aromatic heterocycles. The number of morpholine rings is 1. The summed E-state index contributed by atoms with van der Waals surface area (Å²) in [5.74, 6) is 1.06. The molecule has 33 heavy (non-hydrogen) atoms. The molecule has 2 fully saturated rings. The van der Waals surface area contributed by atoms with Crippen molar-refractivity contribution < 1.29 is 14.4 Å². The highest BCUT2D eigenvalue weighted by Gasteiger charge is 2.24. The predicted molar refractivity (Wildman–Crippen MR) is 128 cm³/mol. The summed E-state index contributed by atoms with van der Waals surface area (Å²) in [6, 6.07) is 7.77. The van der Waals surface area contributed by atoms with E-state index in [2.05, 4.69) is 35.6 Å². The number of hydrogen-bond acceptors (Lipinski definition) is 9. The van der Waals surface area contributed by atoms with Crippen molar-refractivity contribution in [1.82, 2.24) is 15.3 Å². The summed E-state index contributed by atoms with van der Waals surface area (Å²) in [6.07, 6.45) is 4.53. The topological polar surface area (TPSA) is 130 Å². The number of oxime groups is 1. The normalized spacial score (nSPS) is 17.2. The highest BCUT2D eigenvalue weighted by molar-refractivity contribution is 5.92. The van der Waals surface area contributed by atoms with Crippen LogP contribution in [-0.2, 0) is 9.57 Å². The number of piperidine rings is 1. The van der Waals surface area contributed by atoms with Crippen molar-refractivity contribution in [3.63, 3.8) is 0 Å². The Morgan fingerprint density at radius 2 is 1.88 bits per heavy atom. The van der Waals surface area contributed by atoms with Crippen LogP contribution in [0, 0.1) is 0 Å². The maximum absolute atomic E-state index is 12.5. The first-order valence-electron chi connectivity index (χ1n) is 11.1. The smallest absolute Gasteiger partial charge is 0.319 e. The molecule has 0 radical (unpaired) electrons. The Morgan fingerprint density at radius 3 is 2.58 bits per heavy atom. The van der Waals surface area contributed by atoms with E-state index >= 15 is 0 Å². The van der Waals surface area contributed by atoms with Gasteiger partial charge >= 0.3 is 6.03 Å². The molecule has 3 heterocycles. The highest BCUT2D eigenvalue weighted by atomic mass is 16.6. The van der Waals surface area contributed by atoms with Crippen molar-refractivity contribution in [2.24, 2.45) is 5.16 Å². The SMILES string of the molecule is CON=Cc1c(N)ncnc1N1CCC(NC(=O)Nc2ccc(N3CCOCC3)cc2)CC1. The first-order valence-corrected chi connectivity index (χ1v) is 11.1. The van der Waals surface area contributed by atoms with Gasteiger partial charge in [0.15, 0.2) is 0 Å².